The smallest absolute Gasteiger partial charge is 0.226 e. The Morgan fingerprint density at radius 2 is 1.83 bits per heavy atom. The second-order valence-electron chi connectivity index (χ2n) is 6.71. The molecule has 1 N–H and O–H groups in total. The highest BCUT2D eigenvalue weighted by Gasteiger charge is 2.10. The van der Waals surface area contributed by atoms with Crippen molar-refractivity contribution in [3.63, 3.8) is 0 Å². The zero-order valence-corrected chi connectivity index (χ0v) is 16.7. The third kappa shape index (κ3) is 5.36. The molecule has 0 atom stereocenters. The number of amides is 1. The van der Waals surface area contributed by atoms with Crippen molar-refractivity contribution in [1.29, 1.82) is 0 Å². The average molecular weight is 404 g/mol. The molecule has 146 valence electrons. The van der Waals surface area contributed by atoms with Crippen LogP contribution in [0.2, 0.25) is 0 Å². The summed E-state index contributed by atoms with van der Waals surface area (Å²) in [6.07, 6.45) is 4.29. The highest BCUT2D eigenvalue weighted by molar-refractivity contribution is 7.09. The number of aromatic nitrogens is 4. The van der Waals surface area contributed by atoms with Crippen LogP contribution < -0.4 is 5.32 Å². The molecule has 2 aromatic carbocycles. The molecule has 2 aromatic heterocycles. The van der Waals surface area contributed by atoms with Gasteiger partial charge in [-0.15, -0.1) is 11.3 Å². The first-order valence-electron chi connectivity index (χ1n) is 9.39. The van der Waals surface area contributed by atoms with E-state index in [1.54, 1.807) is 22.3 Å². The van der Waals surface area contributed by atoms with Crippen LogP contribution in [-0.2, 0) is 30.7 Å². The van der Waals surface area contributed by atoms with Gasteiger partial charge < -0.3 is 5.32 Å². The molecule has 0 saturated heterocycles. The Balaban J connectivity index is 1.32. The van der Waals surface area contributed by atoms with Crippen LogP contribution in [0.4, 0.5) is 0 Å². The fourth-order valence-corrected chi connectivity index (χ4v) is 3.90. The van der Waals surface area contributed by atoms with Crippen molar-refractivity contribution in [1.82, 2.24) is 25.1 Å². The molecule has 0 aliphatic carbocycles. The minimum absolute atomic E-state index is 0.0304. The summed E-state index contributed by atoms with van der Waals surface area (Å²) in [6, 6.07) is 18.3. The summed E-state index contributed by atoms with van der Waals surface area (Å²) in [5.74, 6) is -0.0304. The maximum atomic E-state index is 12.4. The van der Waals surface area contributed by atoms with E-state index >= 15 is 0 Å². The number of carbonyl (C=O) groups excluding carboxylic acids is 1. The molecule has 0 fully saturated rings. The highest BCUT2D eigenvalue weighted by Crippen LogP contribution is 2.15. The Hall–Kier alpha value is -3.32. The first-order chi connectivity index (χ1) is 14.3. The minimum Gasteiger partial charge on any atom is -0.352 e. The Labute approximate surface area is 173 Å². The lowest BCUT2D eigenvalue weighted by Gasteiger charge is -2.10. The number of thiazole rings is 1. The fraction of sp³-hybridized carbons (Fsp3) is 0.182. The Kier molecular flexibility index (Phi) is 6.07. The van der Waals surface area contributed by atoms with Crippen LogP contribution in [0, 0.1) is 0 Å². The Morgan fingerprint density at radius 3 is 2.62 bits per heavy atom. The molecule has 4 aromatic rings. The number of hydrogen-bond acceptors (Lipinski definition) is 5. The zero-order valence-electron chi connectivity index (χ0n) is 15.9. The Bertz CT molecular complexity index is 1060. The normalized spacial score (nSPS) is 10.8. The van der Waals surface area contributed by atoms with Crippen molar-refractivity contribution in [2.24, 2.45) is 0 Å². The molecular formula is C22H21N5OS. The van der Waals surface area contributed by atoms with Crippen LogP contribution in [0.15, 0.2) is 72.6 Å². The van der Waals surface area contributed by atoms with Gasteiger partial charge in [-0.2, -0.15) is 5.10 Å². The van der Waals surface area contributed by atoms with Gasteiger partial charge in [0.15, 0.2) is 0 Å². The molecule has 6 nitrogen and oxygen atoms in total. The molecule has 0 unspecified atom stereocenters. The lowest BCUT2D eigenvalue weighted by Crippen LogP contribution is -2.25. The lowest BCUT2D eigenvalue weighted by atomic mass is 10.1. The van der Waals surface area contributed by atoms with Crippen molar-refractivity contribution in [3.8, 4) is 0 Å². The van der Waals surface area contributed by atoms with E-state index in [1.807, 2.05) is 47.8 Å². The summed E-state index contributed by atoms with van der Waals surface area (Å²) in [5.41, 5.74) is 4.22. The lowest BCUT2D eigenvalue weighted by molar-refractivity contribution is -0.120. The van der Waals surface area contributed by atoms with Gasteiger partial charge >= 0.3 is 0 Å². The molecule has 0 bridgehead atoms. The number of hydrogen-bond donors (Lipinski definition) is 1. The van der Waals surface area contributed by atoms with Crippen molar-refractivity contribution >= 4 is 17.2 Å². The van der Waals surface area contributed by atoms with Crippen molar-refractivity contribution < 1.29 is 4.79 Å². The summed E-state index contributed by atoms with van der Waals surface area (Å²) in [4.78, 5) is 21.0. The molecule has 29 heavy (non-hydrogen) atoms. The molecule has 0 aliphatic heterocycles. The van der Waals surface area contributed by atoms with Gasteiger partial charge in [0.25, 0.3) is 0 Å². The summed E-state index contributed by atoms with van der Waals surface area (Å²) >= 11 is 1.60. The maximum Gasteiger partial charge on any atom is 0.226 e. The quantitative estimate of drug-likeness (QED) is 0.490. The van der Waals surface area contributed by atoms with Gasteiger partial charge in [-0.3, -0.25) is 4.79 Å². The van der Waals surface area contributed by atoms with E-state index in [0.29, 0.717) is 13.1 Å². The summed E-state index contributed by atoms with van der Waals surface area (Å²) < 4.78 is 1.77. The molecule has 0 radical (unpaired) electrons. The van der Waals surface area contributed by atoms with Gasteiger partial charge in [0.05, 0.1) is 23.7 Å². The van der Waals surface area contributed by atoms with Gasteiger partial charge in [-0.25, -0.2) is 14.6 Å². The third-order valence-corrected chi connectivity index (χ3v) is 5.43. The molecule has 7 heteroatoms. The standard InChI is InChI=1S/C22H21N5OS/c28-21(11-20-14-29-22(26-20)10-17-6-2-1-3-7-17)24-12-18-8-4-5-9-19(18)13-27-16-23-15-25-27/h1-9,14-16H,10-13H2,(H,24,28). The van der Waals surface area contributed by atoms with Gasteiger partial charge in [0.1, 0.15) is 12.7 Å². The van der Waals surface area contributed by atoms with Crippen LogP contribution in [0.3, 0.4) is 0 Å². The van der Waals surface area contributed by atoms with E-state index in [-0.39, 0.29) is 12.3 Å². The Morgan fingerprint density at radius 1 is 1.03 bits per heavy atom. The molecule has 4 rings (SSSR count). The van der Waals surface area contributed by atoms with Crippen LogP contribution in [0.5, 0.6) is 0 Å². The van der Waals surface area contributed by atoms with Crippen molar-refractivity contribution in [2.45, 2.75) is 25.9 Å². The summed E-state index contributed by atoms with van der Waals surface area (Å²) in [6.45, 7) is 1.10. The van der Waals surface area contributed by atoms with Crippen LogP contribution in [0.25, 0.3) is 0 Å². The van der Waals surface area contributed by atoms with Crippen molar-refractivity contribution in [3.05, 3.63) is 100 Å². The molecule has 1 amide bonds. The SMILES string of the molecule is O=C(Cc1csc(Cc2ccccc2)n1)NCc1ccccc1Cn1cncn1. The maximum absolute atomic E-state index is 12.4. The summed E-state index contributed by atoms with van der Waals surface area (Å²) in [7, 11) is 0. The van der Waals surface area contributed by atoms with Crippen molar-refractivity contribution in [2.75, 3.05) is 0 Å². The summed E-state index contributed by atoms with van der Waals surface area (Å²) in [5, 5.41) is 10.1. The first kappa shape index (κ1) is 19.0. The number of nitrogens with one attached hydrogen (secondary N) is 1. The number of carbonyl (C=O) groups is 1. The van der Waals surface area contributed by atoms with E-state index in [2.05, 4.69) is 32.5 Å². The van der Waals surface area contributed by atoms with E-state index in [9.17, 15) is 4.79 Å². The molecule has 2 heterocycles. The second-order valence-corrected chi connectivity index (χ2v) is 7.65. The largest absolute Gasteiger partial charge is 0.352 e. The van der Waals surface area contributed by atoms with Crippen LogP contribution in [0.1, 0.15) is 27.4 Å². The highest BCUT2D eigenvalue weighted by atomic mass is 32.1. The fourth-order valence-electron chi connectivity index (χ4n) is 3.08. The predicted octanol–water partition coefficient (Wildman–Crippen LogP) is 3.23. The second kappa shape index (κ2) is 9.25. The van der Waals surface area contributed by atoms with Gasteiger partial charge in [-0.1, -0.05) is 54.6 Å². The van der Waals surface area contributed by atoms with Gasteiger partial charge in [0, 0.05) is 18.3 Å². The monoisotopic (exact) mass is 403 g/mol. The third-order valence-electron chi connectivity index (χ3n) is 4.53. The molecule has 0 spiro atoms. The van der Waals surface area contributed by atoms with Crippen LogP contribution in [-0.4, -0.2) is 25.7 Å². The number of rotatable bonds is 8. The molecule has 0 saturated carbocycles. The van der Waals surface area contributed by atoms with E-state index in [0.717, 1.165) is 28.2 Å². The number of nitrogens with zero attached hydrogens (tertiary/aromatic N) is 4. The topological polar surface area (TPSA) is 72.7 Å². The van der Waals surface area contributed by atoms with E-state index in [1.165, 1.54) is 11.9 Å². The number of benzene rings is 2. The molecule has 0 aliphatic rings. The van der Waals surface area contributed by atoms with Gasteiger partial charge in [0.2, 0.25) is 5.91 Å². The van der Waals surface area contributed by atoms with Crippen LogP contribution >= 0.6 is 11.3 Å². The molecular weight excluding hydrogens is 382 g/mol. The zero-order chi connectivity index (χ0) is 19.9. The van der Waals surface area contributed by atoms with Gasteiger partial charge in [-0.05, 0) is 16.7 Å². The first-order valence-corrected chi connectivity index (χ1v) is 10.3. The average Bonchev–Trinajstić information content (AvgIpc) is 3.40. The predicted molar refractivity (Wildman–Crippen MR) is 112 cm³/mol. The minimum atomic E-state index is -0.0304. The van der Waals surface area contributed by atoms with E-state index < -0.39 is 0 Å². The van der Waals surface area contributed by atoms with E-state index in [4.69, 9.17) is 0 Å².